The van der Waals surface area contributed by atoms with E-state index in [1.54, 1.807) is 19.2 Å². The lowest BCUT2D eigenvalue weighted by Crippen LogP contribution is -2.23. The van der Waals surface area contributed by atoms with Gasteiger partial charge in [-0.1, -0.05) is 0 Å². The van der Waals surface area contributed by atoms with Gasteiger partial charge in [-0.25, -0.2) is 4.39 Å². The first-order valence-electron chi connectivity index (χ1n) is 5.70. The smallest absolute Gasteiger partial charge is 0.159 e. The van der Waals surface area contributed by atoms with Crippen LogP contribution < -0.4 is 4.90 Å². The number of hydrogen-bond acceptors (Lipinski definition) is 3. The average molecular weight is 237 g/mol. The number of benzene rings is 1. The van der Waals surface area contributed by atoms with E-state index in [2.05, 4.69) is 0 Å². The Morgan fingerprint density at radius 2 is 2.29 bits per heavy atom. The first-order chi connectivity index (χ1) is 8.11. The summed E-state index contributed by atoms with van der Waals surface area (Å²) in [6, 6.07) is 4.64. The van der Waals surface area contributed by atoms with Crippen molar-refractivity contribution in [2.75, 3.05) is 25.1 Å². The molecule has 0 saturated carbocycles. The van der Waals surface area contributed by atoms with Crippen LogP contribution in [0.2, 0.25) is 0 Å². The maximum Gasteiger partial charge on any atom is 0.159 e. The lowest BCUT2D eigenvalue weighted by Gasteiger charge is -2.19. The second-order valence-corrected chi connectivity index (χ2v) is 4.31. The van der Waals surface area contributed by atoms with Crippen LogP contribution in [0, 0.1) is 5.82 Å². The molecule has 4 heteroatoms. The normalized spacial score (nSPS) is 19.7. The molecule has 2 rings (SSSR count). The number of Topliss-reactive ketones (excluding diaryl/α,β-unsaturated/α-hetero) is 1. The van der Waals surface area contributed by atoms with Crippen molar-refractivity contribution in [2.24, 2.45) is 0 Å². The third-order valence-corrected chi connectivity index (χ3v) is 3.17. The Bertz CT molecular complexity index is 433. The lowest BCUT2D eigenvalue weighted by molar-refractivity contribution is 0.101. The molecule has 1 unspecified atom stereocenters. The average Bonchev–Trinajstić information content (AvgIpc) is 2.77. The minimum Gasteiger partial charge on any atom is -0.380 e. The molecule has 17 heavy (non-hydrogen) atoms. The van der Waals surface area contributed by atoms with Crippen molar-refractivity contribution >= 4 is 11.5 Å². The number of anilines is 1. The van der Waals surface area contributed by atoms with Crippen molar-refractivity contribution in [3.63, 3.8) is 0 Å². The fourth-order valence-corrected chi connectivity index (χ4v) is 2.12. The number of carbonyl (C=O) groups excluding carboxylic acids is 1. The molecule has 92 valence electrons. The predicted octanol–water partition coefficient (Wildman–Crippen LogP) is 2.25. The summed E-state index contributed by atoms with van der Waals surface area (Å²) < 4.78 is 19.1. The number of hydrogen-bond donors (Lipinski definition) is 0. The van der Waals surface area contributed by atoms with Gasteiger partial charge in [-0.2, -0.15) is 0 Å². The van der Waals surface area contributed by atoms with E-state index in [-0.39, 0.29) is 17.7 Å². The highest BCUT2D eigenvalue weighted by Crippen LogP contribution is 2.25. The molecule has 0 aliphatic carbocycles. The second-order valence-electron chi connectivity index (χ2n) is 4.31. The molecule has 1 atom stereocenters. The Balaban J connectivity index is 2.20. The van der Waals surface area contributed by atoms with Gasteiger partial charge >= 0.3 is 0 Å². The Hall–Kier alpha value is -1.42. The molecule has 0 aromatic heterocycles. The van der Waals surface area contributed by atoms with Crippen LogP contribution >= 0.6 is 0 Å². The molecule has 0 amide bonds. The Labute approximate surface area is 100 Å². The lowest BCUT2D eigenvalue weighted by atomic mass is 10.1. The van der Waals surface area contributed by atoms with E-state index in [4.69, 9.17) is 4.74 Å². The molecule has 0 N–H and O–H groups in total. The Kier molecular flexibility index (Phi) is 3.43. The number of carbonyl (C=O) groups is 1. The van der Waals surface area contributed by atoms with Gasteiger partial charge < -0.3 is 9.64 Å². The summed E-state index contributed by atoms with van der Waals surface area (Å²) in [7, 11) is 1.67. The van der Waals surface area contributed by atoms with Crippen LogP contribution in [-0.2, 0) is 4.74 Å². The molecule has 1 aromatic carbocycles. The van der Waals surface area contributed by atoms with E-state index in [1.807, 2.05) is 4.90 Å². The van der Waals surface area contributed by atoms with Gasteiger partial charge in [-0.3, -0.25) is 4.79 Å². The number of ether oxygens (including phenoxy) is 1. The molecule has 1 saturated heterocycles. The molecular formula is C13H16FNO2. The van der Waals surface area contributed by atoms with E-state index in [0.717, 1.165) is 13.0 Å². The summed E-state index contributed by atoms with van der Waals surface area (Å²) in [5.74, 6) is -0.457. The first-order valence-corrected chi connectivity index (χ1v) is 5.70. The quantitative estimate of drug-likeness (QED) is 0.755. The van der Waals surface area contributed by atoms with Gasteiger partial charge in [-0.15, -0.1) is 0 Å². The van der Waals surface area contributed by atoms with Crippen molar-refractivity contribution in [1.29, 1.82) is 0 Å². The summed E-state index contributed by atoms with van der Waals surface area (Å²) in [5, 5.41) is 0. The molecule has 3 nitrogen and oxygen atoms in total. The van der Waals surface area contributed by atoms with Gasteiger partial charge in [0.2, 0.25) is 0 Å². The van der Waals surface area contributed by atoms with Crippen LogP contribution in [0.1, 0.15) is 23.7 Å². The van der Waals surface area contributed by atoms with Crippen LogP contribution in [0.25, 0.3) is 0 Å². The predicted molar refractivity (Wildman–Crippen MR) is 64.0 cm³/mol. The van der Waals surface area contributed by atoms with Gasteiger partial charge in [-0.05, 0) is 31.5 Å². The number of ketones is 1. The van der Waals surface area contributed by atoms with Crippen LogP contribution in [0.3, 0.4) is 0 Å². The molecule has 0 radical (unpaired) electrons. The zero-order chi connectivity index (χ0) is 12.4. The summed E-state index contributed by atoms with van der Waals surface area (Å²) in [6.07, 6.45) is 1.08. The second kappa shape index (κ2) is 4.84. The maximum atomic E-state index is 13.9. The molecule has 1 fully saturated rings. The molecule has 1 aliphatic heterocycles. The maximum absolute atomic E-state index is 13.9. The minimum absolute atomic E-state index is 0.119. The summed E-state index contributed by atoms with van der Waals surface area (Å²) in [6.45, 7) is 2.92. The van der Waals surface area contributed by atoms with Crippen LogP contribution in [0.15, 0.2) is 18.2 Å². The van der Waals surface area contributed by atoms with Crippen molar-refractivity contribution in [3.8, 4) is 0 Å². The fourth-order valence-electron chi connectivity index (χ4n) is 2.12. The molecule has 1 aromatic rings. The molecule has 1 aliphatic rings. The summed E-state index contributed by atoms with van der Waals surface area (Å²) in [4.78, 5) is 13.1. The van der Waals surface area contributed by atoms with Crippen LogP contribution in [0.4, 0.5) is 10.1 Å². The van der Waals surface area contributed by atoms with Crippen molar-refractivity contribution < 1.29 is 13.9 Å². The Morgan fingerprint density at radius 3 is 2.82 bits per heavy atom. The van der Waals surface area contributed by atoms with Crippen LogP contribution in [-0.4, -0.2) is 32.1 Å². The van der Waals surface area contributed by atoms with E-state index in [0.29, 0.717) is 17.8 Å². The van der Waals surface area contributed by atoms with Gasteiger partial charge in [0.05, 0.1) is 11.8 Å². The van der Waals surface area contributed by atoms with Gasteiger partial charge in [0.25, 0.3) is 0 Å². The first kappa shape index (κ1) is 12.0. The van der Waals surface area contributed by atoms with Gasteiger partial charge in [0.1, 0.15) is 5.82 Å². The largest absolute Gasteiger partial charge is 0.380 e. The molecular weight excluding hydrogens is 221 g/mol. The topological polar surface area (TPSA) is 29.5 Å². The van der Waals surface area contributed by atoms with Crippen LogP contribution in [0.5, 0.6) is 0 Å². The van der Waals surface area contributed by atoms with E-state index in [9.17, 15) is 9.18 Å². The monoisotopic (exact) mass is 237 g/mol. The highest BCUT2D eigenvalue weighted by Gasteiger charge is 2.24. The third kappa shape index (κ3) is 2.47. The number of halogens is 1. The number of methoxy groups -OCH3 is 1. The van der Waals surface area contributed by atoms with E-state index < -0.39 is 0 Å². The molecule has 0 spiro atoms. The molecule has 0 bridgehead atoms. The number of nitrogens with zero attached hydrogens (tertiary/aromatic N) is 1. The van der Waals surface area contributed by atoms with Crippen molar-refractivity contribution in [2.45, 2.75) is 19.4 Å². The van der Waals surface area contributed by atoms with Gasteiger partial charge in [0.15, 0.2) is 5.78 Å². The van der Waals surface area contributed by atoms with E-state index >= 15 is 0 Å². The highest BCUT2D eigenvalue weighted by molar-refractivity contribution is 5.94. The summed E-state index contributed by atoms with van der Waals surface area (Å²) >= 11 is 0. The highest BCUT2D eigenvalue weighted by atomic mass is 19.1. The SMILES string of the molecule is COC1CCN(c2ccc(C(C)=O)cc2F)C1. The number of rotatable bonds is 3. The van der Waals surface area contributed by atoms with Gasteiger partial charge in [0, 0.05) is 25.8 Å². The van der Waals surface area contributed by atoms with Crippen molar-refractivity contribution in [1.82, 2.24) is 0 Å². The minimum atomic E-state index is -0.338. The van der Waals surface area contributed by atoms with Crippen molar-refractivity contribution in [3.05, 3.63) is 29.6 Å². The zero-order valence-electron chi connectivity index (χ0n) is 10.1. The summed E-state index contributed by atoms with van der Waals surface area (Å²) in [5.41, 5.74) is 0.961. The zero-order valence-corrected chi connectivity index (χ0v) is 10.1. The van der Waals surface area contributed by atoms with E-state index in [1.165, 1.54) is 13.0 Å². The Morgan fingerprint density at radius 1 is 1.53 bits per heavy atom. The third-order valence-electron chi connectivity index (χ3n) is 3.17. The molecule has 1 heterocycles. The fraction of sp³-hybridized carbons (Fsp3) is 0.462. The standard InChI is InChI=1S/C13H16FNO2/c1-9(16)10-3-4-13(12(14)7-10)15-6-5-11(8-15)17-2/h3-4,7,11H,5-6,8H2,1-2H3.